The molecule has 0 aliphatic rings. The fraction of sp³-hybridized carbons (Fsp3) is 0. The van der Waals surface area contributed by atoms with E-state index in [0.29, 0.717) is 0 Å². The second-order valence-electron chi connectivity index (χ2n) is 2.20. The van der Waals surface area contributed by atoms with E-state index in [9.17, 15) is 8.42 Å². The van der Waals surface area contributed by atoms with Crippen LogP contribution in [0.15, 0.2) is 24.3 Å². The average molecular weight is 217 g/mol. The number of hydrogen-bond donors (Lipinski definition) is 1. The molecule has 0 heterocycles. The molecule has 0 saturated heterocycles. The first-order valence-electron chi connectivity index (χ1n) is 3.24. The summed E-state index contributed by atoms with van der Waals surface area (Å²) in [5.41, 5.74) is 0.409. The Kier molecular flexibility index (Phi) is 2.76. The van der Waals surface area contributed by atoms with E-state index in [1.165, 1.54) is 12.1 Å². The Hall–Kier alpha value is -1.25. The molecule has 0 aromatic heterocycles. The summed E-state index contributed by atoms with van der Waals surface area (Å²) in [6.07, 6.45) is 0. The van der Waals surface area contributed by atoms with Gasteiger partial charge in [-0.25, -0.2) is 0 Å². The van der Waals surface area contributed by atoms with Crippen molar-refractivity contribution in [3.8, 4) is 6.07 Å². The maximum absolute atomic E-state index is 10.6. The zero-order valence-corrected chi connectivity index (χ0v) is 7.93. The van der Waals surface area contributed by atoms with E-state index < -0.39 is 9.24 Å². The molecule has 6 heteroatoms. The van der Waals surface area contributed by atoms with Crippen LogP contribution < -0.4 is 4.72 Å². The number of nitrogens with one attached hydrogen (secondary N) is 1. The van der Waals surface area contributed by atoms with Gasteiger partial charge in [-0.2, -0.15) is 13.7 Å². The van der Waals surface area contributed by atoms with E-state index in [1.54, 1.807) is 12.1 Å². The number of rotatable bonds is 2. The highest BCUT2D eigenvalue weighted by atomic mass is 35.7. The van der Waals surface area contributed by atoms with Crippen molar-refractivity contribution in [3.05, 3.63) is 29.8 Å². The molecular formula is C7H5ClN2O2S. The quantitative estimate of drug-likeness (QED) is 0.761. The molecule has 0 spiro atoms. The predicted molar refractivity (Wildman–Crippen MR) is 49.6 cm³/mol. The molecule has 1 aromatic carbocycles. The predicted octanol–water partition coefficient (Wildman–Crippen LogP) is 1.45. The topological polar surface area (TPSA) is 70.0 Å². The van der Waals surface area contributed by atoms with Gasteiger partial charge < -0.3 is 0 Å². The number of nitriles is 1. The third kappa shape index (κ3) is 2.93. The monoisotopic (exact) mass is 216 g/mol. The lowest BCUT2D eigenvalue weighted by Gasteiger charge is -2.02. The van der Waals surface area contributed by atoms with Crippen LogP contribution in [0.4, 0.5) is 5.69 Å². The summed E-state index contributed by atoms with van der Waals surface area (Å²) in [5.74, 6) is 0. The fourth-order valence-corrected chi connectivity index (χ4v) is 1.49. The zero-order chi connectivity index (χ0) is 9.90. The number of nitrogens with zero attached hydrogens (tertiary/aromatic N) is 1. The Balaban J connectivity index is 3.10. The summed E-state index contributed by atoms with van der Waals surface area (Å²) in [4.78, 5) is 0. The van der Waals surface area contributed by atoms with Crippen LogP contribution in [-0.4, -0.2) is 8.42 Å². The normalized spacial score (nSPS) is 10.5. The molecule has 0 radical (unpaired) electrons. The first-order chi connectivity index (χ1) is 6.03. The molecule has 0 fully saturated rings. The fourth-order valence-electron chi connectivity index (χ4n) is 0.801. The number of anilines is 1. The molecule has 1 rings (SSSR count). The van der Waals surface area contributed by atoms with Crippen molar-refractivity contribution in [2.75, 3.05) is 4.72 Å². The van der Waals surface area contributed by atoms with Crippen molar-refractivity contribution in [2.24, 2.45) is 0 Å². The summed E-state index contributed by atoms with van der Waals surface area (Å²) >= 11 is 0. The number of halogens is 1. The van der Waals surface area contributed by atoms with E-state index in [2.05, 4.69) is 0 Å². The Morgan fingerprint density at radius 2 is 2.00 bits per heavy atom. The molecule has 0 aliphatic carbocycles. The Labute approximate surface area is 80.3 Å². The van der Waals surface area contributed by atoms with Gasteiger partial charge in [-0.1, -0.05) is 12.1 Å². The van der Waals surface area contributed by atoms with Gasteiger partial charge in [0, 0.05) is 10.7 Å². The molecular weight excluding hydrogens is 212 g/mol. The third-order valence-corrected chi connectivity index (χ3v) is 1.97. The summed E-state index contributed by atoms with van der Waals surface area (Å²) in [7, 11) is 1.11. The van der Waals surface area contributed by atoms with Gasteiger partial charge >= 0.3 is 9.24 Å². The minimum Gasteiger partial charge on any atom is -0.270 e. The maximum atomic E-state index is 10.6. The minimum absolute atomic E-state index is 0.181. The minimum atomic E-state index is -3.84. The maximum Gasteiger partial charge on any atom is 0.319 e. The Morgan fingerprint density at radius 3 is 2.54 bits per heavy atom. The van der Waals surface area contributed by atoms with Crippen LogP contribution in [0.2, 0.25) is 0 Å². The van der Waals surface area contributed by atoms with Gasteiger partial charge in [0.2, 0.25) is 0 Å². The molecule has 1 N–H and O–H groups in total. The van der Waals surface area contributed by atoms with Crippen LogP contribution in [0.25, 0.3) is 0 Å². The number of benzene rings is 1. The van der Waals surface area contributed by atoms with Crippen LogP contribution in [0.5, 0.6) is 0 Å². The van der Waals surface area contributed by atoms with Crippen LogP contribution in [0.1, 0.15) is 5.56 Å². The molecule has 1 aromatic rings. The highest BCUT2D eigenvalue weighted by Crippen LogP contribution is 2.16. The molecule has 13 heavy (non-hydrogen) atoms. The van der Waals surface area contributed by atoms with Crippen LogP contribution >= 0.6 is 10.7 Å². The van der Waals surface area contributed by atoms with Gasteiger partial charge in [-0.15, -0.1) is 0 Å². The second-order valence-corrected chi connectivity index (χ2v) is 4.50. The summed E-state index contributed by atoms with van der Waals surface area (Å²) in [6, 6.07) is 8.01. The van der Waals surface area contributed by atoms with Gasteiger partial charge in [-0.3, -0.25) is 4.72 Å². The summed E-state index contributed by atoms with van der Waals surface area (Å²) in [5, 5.41) is 8.59. The smallest absolute Gasteiger partial charge is 0.270 e. The highest BCUT2D eigenvalue weighted by Gasteiger charge is 2.07. The lowest BCUT2D eigenvalue weighted by Crippen LogP contribution is -2.05. The first-order valence-corrected chi connectivity index (χ1v) is 5.55. The molecule has 0 unspecified atom stereocenters. The van der Waals surface area contributed by atoms with Crippen molar-refractivity contribution in [1.82, 2.24) is 0 Å². The van der Waals surface area contributed by atoms with Gasteiger partial charge in [0.1, 0.15) is 6.07 Å². The zero-order valence-electron chi connectivity index (χ0n) is 6.36. The first kappa shape index (κ1) is 9.84. The van der Waals surface area contributed by atoms with Crippen molar-refractivity contribution < 1.29 is 8.42 Å². The molecule has 0 aliphatic heterocycles. The standard InChI is InChI=1S/C7H5ClN2O2S/c8-13(11,12)10-7-4-2-1-3-6(7)5-9/h1-4,10H. The lowest BCUT2D eigenvalue weighted by atomic mass is 10.2. The van der Waals surface area contributed by atoms with Crippen LogP contribution in [-0.2, 0) is 9.24 Å². The summed E-state index contributed by atoms with van der Waals surface area (Å²) < 4.78 is 23.2. The highest BCUT2D eigenvalue weighted by molar-refractivity contribution is 8.14. The summed E-state index contributed by atoms with van der Waals surface area (Å²) in [6.45, 7) is 0. The van der Waals surface area contributed by atoms with E-state index in [1.807, 2.05) is 10.8 Å². The van der Waals surface area contributed by atoms with Gasteiger partial charge in [0.25, 0.3) is 0 Å². The molecule has 4 nitrogen and oxygen atoms in total. The second kappa shape index (κ2) is 3.64. The Bertz CT molecular complexity index is 450. The van der Waals surface area contributed by atoms with Gasteiger partial charge in [-0.05, 0) is 12.1 Å². The van der Waals surface area contributed by atoms with E-state index in [4.69, 9.17) is 15.9 Å². The van der Waals surface area contributed by atoms with Gasteiger partial charge in [0.15, 0.2) is 0 Å². The van der Waals surface area contributed by atoms with Crippen molar-refractivity contribution in [3.63, 3.8) is 0 Å². The van der Waals surface area contributed by atoms with Gasteiger partial charge in [0.05, 0.1) is 11.3 Å². The molecule has 0 bridgehead atoms. The molecule has 0 saturated carbocycles. The number of para-hydroxylation sites is 1. The van der Waals surface area contributed by atoms with Crippen molar-refractivity contribution in [2.45, 2.75) is 0 Å². The molecule has 0 amide bonds. The van der Waals surface area contributed by atoms with Crippen molar-refractivity contribution >= 4 is 25.6 Å². The SMILES string of the molecule is N#Cc1ccccc1NS(=O)(=O)Cl. The lowest BCUT2D eigenvalue weighted by molar-refractivity contribution is 0.614. The van der Waals surface area contributed by atoms with E-state index in [0.717, 1.165) is 0 Å². The van der Waals surface area contributed by atoms with E-state index in [-0.39, 0.29) is 11.3 Å². The molecule has 0 atom stereocenters. The van der Waals surface area contributed by atoms with Crippen molar-refractivity contribution in [1.29, 1.82) is 5.26 Å². The van der Waals surface area contributed by atoms with E-state index >= 15 is 0 Å². The van der Waals surface area contributed by atoms with Crippen LogP contribution in [0.3, 0.4) is 0 Å². The Morgan fingerprint density at radius 1 is 1.38 bits per heavy atom. The largest absolute Gasteiger partial charge is 0.319 e. The van der Waals surface area contributed by atoms with Crippen LogP contribution in [0, 0.1) is 11.3 Å². The third-order valence-electron chi connectivity index (χ3n) is 1.28. The molecule has 68 valence electrons. The average Bonchev–Trinajstić information content (AvgIpc) is 2.02. The number of hydrogen-bond acceptors (Lipinski definition) is 3.